The van der Waals surface area contributed by atoms with Crippen molar-refractivity contribution >= 4 is 47.0 Å². The Balaban J connectivity index is 1.87. The lowest BCUT2D eigenvalue weighted by molar-refractivity contribution is -0.131. The number of aromatic nitrogens is 3. The van der Waals surface area contributed by atoms with Gasteiger partial charge >= 0.3 is 5.97 Å². The lowest BCUT2D eigenvalue weighted by atomic mass is 10.2. The van der Waals surface area contributed by atoms with Gasteiger partial charge < -0.3 is 14.6 Å². The number of halogens is 2. The minimum atomic E-state index is -1.15. The van der Waals surface area contributed by atoms with Crippen LogP contribution in [0.2, 0.25) is 10.0 Å². The fourth-order valence-electron chi connectivity index (χ4n) is 2.49. The molecule has 0 unspecified atom stereocenters. The zero-order chi connectivity index (χ0) is 22.4. The molecule has 0 amide bonds. The molecule has 3 aromatic rings. The summed E-state index contributed by atoms with van der Waals surface area (Å²) in [5.41, 5.74) is 1.26. The van der Waals surface area contributed by atoms with Crippen molar-refractivity contribution in [2.45, 2.75) is 5.16 Å². The van der Waals surface area contributed by atoms with Crippen molar-refractivity contribution in [3.8, 4) is 35.2 Å². The van der Waals surface area contributed by atoms with Crippen LogP contribution < -0.4 is 9.47 Å². The molecular formula is C21H15Cl2N3O4S. The average Bonchev–Trinajstić information content (AvgIpc) is 3.21. The van der Waals surface area contributed by atoms with Crippen molar-refractivity contribution < 1.29 is 19.4 Å². The Bertz CT molecular complexity index is 1170. The van der Waals surface area contributed by atoms with Crippen LogP contribution in [0, 0.1) is 12.3 Å². The maximum absolute atomic E-state index is 11.8. The van der Waals surface area contributed by atoms with Gasteiger partial charge in [0.1, 0.15) is 11.5 Å². The van der Waals surface area contributed by atoms with Gasteiger partial charge in [0.25, 0.3) is 0 Å². The molecule has 2 N–H and O–H groups in total. The Labute approximate surface area is 192 Å². The third-order valence-electron chi connectivity index (χ3n) is 3.84. The highest BCUT2D eigenvalue weighted by atomic mass is 35.5. The van der Waals surface area contributed by atoms with E-state index in [0.29, 0.717) is 22.2 Å². The second-order valence-electron chi connectivity index (χ2n) is 5.92. The number of methoxy groups -OCH3 is 1. The van der Waals surface area contributed by atoms with E-state index in [0.717, 1.165) is 17.3 Å². The van der Waals surface area contributed by atoms with E-state index < -0.39 is 5.97 Å². The van der Waals surface area contributed by atoms with Crippen LogP contribution in [0.3, 0.4) is 0 Å². The minimum absolute atomic E-state index is 0.0161. The van der Waals surface area contributed by atoms with Crippen molar-refractivity contribution in [1.82, 2.24) is 15.2 Å². The van der Waals surface area contributed by atoms with Gasteiger partial charge in [0, 0.05) is 10.6 Å². The number of terminal acetylenes is 1. The van der Waals surface area contributed by atoms with E-state index in [1.165, 1.54) is 13.2 Å². The molecule has 0 fully saturated rings. The molecule has 0 spiro atoms. The number of aromatic amines is 1. The first-order chi connectivity index (χ1) is 14.9. The van der Waals surface area contributed by atoms with Crippen LogP contribution in [0.1, 0.15) is 5.56 Å². The summed E-state index contributed by atoms with van der Waals surface area (Å²) in [6.07, 6.45) is 6.64. The van der Waals surface area contributed by atoms with Crippen LogP contribution in [0.25, 0.3) is 17.5 Å². The van der Waals surface area contributed by atoms with Gasteiger partial charge in [-0.15, -0.1) is 11.5 Å². The van der Waals surface area contributed by atoms with Crippen LogP contribution in [-0.4, -0.2) is 40.0 Å². The van der Waals surface area contributed by atoms with E-state index in [9.17, 15) is 9.90 Å². The van der Waals surface area contributed by atoms with E-state index in [2.05, 4.69) is 21.1 Å². The number of thioether (sulfide) groups is 1. The third-order valence-corrected chi connectivity index (χ3v) is 5.25. The van der Waals surface area contributed by atoms with E-state index in [1.54, 1.807) is 36.4 Å². The molecule has 0 bridgehead atoms. The van der Waals surface area contributed by atoms with Crippen LogP contribution in [-0.2, 0) is 4.79 Å². The van der Waals surface area contributed by atoms with E-state index in [4.69, 9.17) is 39.1 Å². The van der Waals surface area contributed by atoms with Crippen molar-refractivity contribution in [2.75, 3.05) is 13.7 Å². The average molecular weight is 476 g/mol. The number of benzene rings is 2. The Hall–Kier alpha value is -3.12. The zero-order valence-electron chi connectivity index (χ0n) is 16.1. The molecule has 0 aliphatic heterocycles. The number of nitrogens with zero attached hydrogens (tertiary/aromatic N) is 2. The highest BCUT2D eigenvalue weighted by molar-refractivity contribution is 8.04. The minimum Gasteiger partial charge on any atom is -0.493 e. The van der Waals surface area contributed by atoms with Crippen molar-refractivity contribution in [3.63, 3.8) is 0 Å². The van der Waals surface area contributed by atoms with Crippen LogP contribution in [0.5, 0.6) is 11.5 Å². The van der Waals surface area contributed by atoms with Gasteiger partial charge in [-0.2, -0.15) is 0 Å². The second kappa shape index (κ2) is 10.3. The Morgan fingerprint density at radius 2 is 2.06 bits per heavy atom. The molecule has 3 rings (SSSR count). The molecule has 0 saturated carbocycles. The number of carbonyl (C=O) groups is 1. The van der Waals surface area contributed by atoms with Crippen LogP contribution in [0.4, 0.5) is 0 Å². The predicted octanol–water partition coefficient (Wildman–Crippen LogP) is 5.02. The van der Waals surface area contributed by atoms with Gasteiger partial charge in [-0.3, -0.25) is 5.10 Å². The lowest BCUT2D eigenvalue weighted by Crippen LogP contribution is -1.99. The number of hydrogen-bond acceptors (Lipinski definition) is 6. The maximum Gasteiger partial charge on any atom is 0.342 e. The summed E-state index contributed by atoms with van der Waals surface area (Å²) in [6.45, 7) is 0.0161. The number of aliphatic carboxylic acids is 1. The number of H-pyrrole nitrogens is 1. The topological polar surface area (TPSA) is 97.3 Å². The van der Waals surface area contributed by atoms with Gasteiger partial charge in [-0.1, -0.05) is 29.1 Å². The molecule has 158 valence electrons. The van der Waals surface area contributed by atoms with Gasteiger partial charge in [0.05, 0.1) is 12.1 Å². The second-order valence-corrected chi connectivity index (χ2v) is 7.77. The van der Waals surface area contributed by atoms with Crippen molar-refractivity contribution in [1.29, 1.82) is 0 Å². The number of hydrogen-bond donors (Lipinski definition) is 2. The molecular weight excluding hydrogens is 461 g/mol. The third kappa shape index (κ3) is 5.73. The first kappa shape index (κ1) is 22.6. The largest absolute Gasteiger partial charge is 0.493 e. The fraction of sp³-hybridized carbons (Fsp3) is 0.0952. The smallest absolute Gasteiger partial charge is 0.342 e. The number of nitrogens with one attached hydrogen (secondary N) is 1. The summed E-state index contributed by atoms with van der Waals surface area (Å²) >= 11 is 13.0. The SMILES string of the molecule is C#CCOc1c(Cl)cc(/C=C(\Sc2n[nH]c(-c3ccc(Cl)cc3)n2)C(=O)O)cc1OC. The Morgan fingerprint density at radius 3 is 2.71 bits per heavy atom. The monoisotopic (exact) mass is 475 g/mol. The molecule has 0 aliphatic rings. The molecule has 1 aromatic heterocycles. The number of ether oxygens (including phenoxy) is 2. The summed E-state index contributed by atoms with van der Waals surface area (Å²) in [6, 6.07) is 10.2. The van der Waals surface area contributed by atoms with Gasteiger partial charge in [-0.25, -0.2) is 9.78 Å². The molecule has 10 heteroatoms. The van der Waals surface area contributed by atoms with Crippen molar-refractivity contribution in [2.24, 2.45) is 0 Å². The quantitative estimate of drug-likeness (QED) is 0.268. The lowest BCUT2D eigenvalue weighted by Gasteiger charge is -2.12. The first-order valence-electron chi connectivity index (χ1n) is 8.66. The maximum atomic E-state index is 11.8. The van der Waals surface area contributed by atoms with E-state index in [1.807, 2.05) is 0 Å². The normalized spacial score (nSPS) is 11.1. The molecule has 2 aromatic carbocycles. The van der Waals surface area contributed by atoms with Gasteiger partial charge in [0.15, 0.2) is 17.3 Å². The summed E-state index contributed by atoms with van der Waals surface area (Å²) in [4.78, 5) is 16.1. The summed E-state index contributed by atoms with van der Waals surface area (Å²) in [5, 5.41) is 17.6. The Kier molecular flexibility index (Phi) is 7.47. The summed E-state index contributed by atoms with van der Waals surface area (Å²) in [7, 11) is 1.45. The summed E-state index contributed by atoms with van der Waals surface area (Å²) in [5.74, 6) is 2.30. The van der Waals surface area contributed by atoms with Crippen molar-refractivity contribution in [3.05, 3.63) is 56.9 Å². The zero-order valence-corrected chi connectivity index (χ0v) is 18.4. The standard InChI is InChI=1S/C21H15Cl2N3O4S/c1-3-8-30-18-15(23)9-12(10-16(18)29-2)11-17(20(27)28)31-21-24-19(25-26-21)13-4-6-14(22)7-5-13/h1,4-7,9-11H,8H2,2H3,(H,27,28)(H,24,25,26)/b17-11-. The number of carboxylic acid groups (broad SMARTS) is 1. The molecule has 1 heterocycles. The van der Waals surface area contributed by atoms with Crippen LogP contribution >= 0.6 is 35.0 Å². The van der Waals surface area contributed by atoms with Crippen LogP contribution in [0.15, 0.2) is 46.5 Å². The molecule has 31 heavy (non-hydrogen) atoms. The van der Waals surface area contributed by atoms with Gasteiger partial charge in [0.2, 0.25) is 5.16 Å². The fourth-order valence-corrected chi connectivity index (χ4v) is 3.60. The molecule has 0 aliphatic carbocycles. The summed E-state index contributed by atoms with van der Waals surface area (Å²) < 4.78 is 10.7. The first-order valence-corrected chi connectivity index (χ1v) is 10.2. The highest BCUT2D eigenvalue weighted by Gasteiger charge is 2.16. The Morgan fingerprint density at radius 1 is 1.32 bits per heavy atom. The van der Waals surface area contributed by atoms with Gasteiger partial charge in [-0.05, 0) is 59.8 Å². The molecule has 0 atom stereocenters. The number of rotatable bonds is 8. The highest BCUT2D eigenvalue weighted by Crippen LogP contribution is 2.38. The number of carboxylic acids is 1. The molecule has 0 saturated heterocycles. The van der Waals surface area contributed by atoms with E-state index >= 15 is 0 Å². The molecule has 7 nitrogen and oxygen atoms in total. The van der Waals surface area contributed by atoms with E-state index in [-0.39, 0.29) is 27.4 Å². The predicted molar refractivity (Wildman–Crippen MR) is 121 cm³/mol. The molecule has 0 radical (unpaired) electrons.